The molecule has 3 rings (SSSR count). The summed E-state index contributed by atoms with van der Waals surface area (Å²) in [5.41, 5.74) is 3.66. The number of halogens is 2. The van der Waals surface area contributed by atoms with Crippen molar-refractivity contribution < 1.29 is 8.78 Å². The molecule has 0 aliphatic heterocycles. The van der Waals surface area contributed by atoms with Gasteiger partial charge in [-0.05, 0) is 66.5 Å². The van der Waals surface area contributed by atoms with Crippen LogP contribution in [-0.4, -0.2) is 5.16 Å². The molecule has 0 unspecified atom stereocenters. The lowest BCUT2D eigenvalue weighted by Crippen LogP contribution is -1.88. The molecule has 4 heteroatoms. The summed E-state index contributed by atoms with van der Waals surface area (Å²) in [6, 6.07) is 17.6. The fourth-order valence-electron chi connectivity index (χ4n) is 3.46. The number of rotatable bonds is 8. The van der Waals surface area contributed by atoms with Crippen molar-refractivity contribution in [2.45, 2.75) is 45.4 Å². The molecule has 0 fully saturated rings. The summed E-state index contributed by atoms with van der Waals surface area (Å²) in [4.78, 5) is 3.53. The van der Waals surface area contributed by atoms with E-state index in [9.17, 15) is 8.78 Å². The quantitative estimate of drug-likeness (QED) is 0.147. The molecule has 0 spiro atoms. The predicted molar refractivity (Wildman–Crippen MR) is 131 cm³/mol. The molecule has 0 aromatic heterocycles. The van der Waals surface area contributed by atoms with Crippen LogP contribution < -0.4 is 0 Å². The third kappa shape index (κ3) is 6.69. The largest absolute Gasteiger partial charge is 0.206 e. The summed E-state index contributed by atoms with van der Waals surface area (Å²) in [5.74, 6) is 5.07. The Morgan fingerprint density at radius 3 is 2.03 bits per heavy atom. The number of thiocarbonyl (C=S) groups is 1. The normalized spacial score (nSPS) is 10.2. The first-order chi connectivity index (χ1) is 15.6. The van der Waals surface area contributed by atoms with Crippen molar-refractivity contribution in [1.82, 2.24) is 0 Å². The molecule has 0 N–H and O–H groups in total. The topological polar surface area (TPSA) is 12.4 Å². The summed E-state index contributed by atoms with van der Waals surface area (Å²) in [6.07, 6.45) is 7.51. The molecule has 1 nitrogen and oxygen atoms in total. The lowest BCUT2D eigenvalue weighted by molar-refractivity contribution is 0.605. The first kappa shape index (κ1) is 23.5. The number of unbranched alkanes of at least 4 members (excludes halogenated alkanes) is 4. The monoisotopic (exact) mass is 445 g/mol. The van der Waals surface area contributed by atoms with E-state index in [1.165, 1.54) is 37.7 Å². The van der Waals surface area contributed by atoms with Gasteiger partial charge in [0, 0.05) is 22.8 Å². The van der Waals surface area contributed by atoms with Gasteiger partial charge in [0.25, 0.3) is 0 Å². The maximum absolute atomic E-state index is 14.4. The Kier molecular flexibility index (Phi) is 8.87. The fraction of sp³-hybridized carbons (Fsp3) is 0.250. The second-order valence-electron chi connectivity index (χ2n) is 7.68. The Labute approximate surface area is 194 Å². The van der Waals surface area contributed by atoms with Gasteiger partial charge in [-0.2, -0.15) is 4.99 Å². The van der Waals surface area contributed by atoms with Gasteiger partial charge in [-0.25, -0.2) is 8.78 Å². The van der Waals surface area contributed by atoms with Crippen LogP contribution in [0.4, 0.5) is 14.5 Å². The molecule has 162 valence electrons. The summed E-state index contributed by atoms with van der Waals surface area (Å²) in [5, 5.41) is 2.05. The molecule has 0 saturated heterocycles. The Balaban J connectivity index is 1.65. The highest BCUT2D eigenvalue weighted by Crippen LogP contribution is 2.29. The molecule has 0 heterocycles. The lowest BCUT2D eigenvalue weighted by atomic mass is 10.0. The minimum absolute atomic E-state index is 0.161. The third-order valence-corrected chi connectivity index (χ3v) is 5.36. The minimum Gasteiger partial charge on any atom is -0.206 e. The lowest BCUT2D eigenvalue weighted by Gasteiger charge is -2.05. The molecule has 0 aliphatic rings. The van der Waals surface area contributed by atoms with Crippen LogP contribution in [0.1, 0.15) is 55.7 Å². The van der Waals surface area contributed by atoms with Crippen LogP contribution >= 0.6 is 12.2 Å². The summed E-state index contributed by atoms with van der Waals surface area (Å²) in [7, 11) is 0. The SMILES string of the molecule is CCCCCCCc1ccc(C#Cc2ccc(-c3cc(F)c(N=C=S)cc3F)cc2)cc1. The van der Waals surface area contributed by atoms with Crippen LogP contribution in [0.3, 0.4) is 0 Å². The summed E-state index contributed by atoms with van der Waals surface area (Å²) < 4.78 is 28.4. The number of hydrogen-bond acceptors (Lipinski definition) is 2. The summed E-state index contributed by atoms with van der Waals surface area (Å²) in [6.45, 7) is 2.23. The zero-order chi connectivity index (χ0) is 22.8. The van der Waals surface area contributed by atoms with Crippen LogP contribution in [0.5, 0.6) is 0 Å². The highest BCUT2D eigenvalue weighted by Gasteiger charge is 2.11. The van der Waals surface area contributed by atoms with Gasteiger partial charge in [-0.1, -0.05) is 68.7 Å². The molecular weight excluding hydrogens is 420 g/mol. The van der Waals surface area contributed by atoms with Crippen molar-refractivity contribution >= 4 is 23.1 Å². The van der Waals surface area contributed by atoms with Crippen LogP contribution in [0.15, 0.2) is 65.7 Å². The molecule has 32 heavy (non-hydrogen) atoms. The number of benzene rings is 3. The second-order valence-corrected chi connectivity index (χ2v) is 7.86. The second kappa shape index (κ2) is 12.1. The van der Waals surface area contributed by atoms with Crippen molar-refractivity contribution in [3.8, 4) is 23.0 Å². The van der Waals surface area contributed by atoms with Crippen LogP contribution in [0.25, 0.3) is 11.1 Å². The van der Waals surface area contributed by atoms with Crippen LogP contribution in [-0.2, 0) is 6.42 Å². The van der Waals surface area contributed by atoms with Crippen molar-refractivity contribution in [1.29, 1.82) is 0 Å². The predicted octanol–water partition coefficient (Wildman–Crippen LogP) is 8.28. The standard InChI is InChI=1S/C28H25F2NS/c1-2-3-4-5-6-7-21-8-10-22(11-9-21)12-13-23-14-16-24(17-15-23)25-18-27(30)28(31-20-32)19-26(25)29/h8-11,14-19H,2-7H2,1H3. The van der Waals surface area contributed by atoms with Gasteiger partial charge < -0.3 is 0 Å². The average molecular weight is 446 g/mol. The smallest absolute Gasteiger partial charge is 0.150 e. The fourth-order valence-corrected chi connectivity index (χ4v) is 3.56. The first-order valence-corrected chi connectivity index (χ1v) is 11.3. The highest BCUT2D eigenvalue weighted by molar-refractivity contribution is 7.78. The Bertz CT molecular complexity index is 1150. The van der Waals surface area contributed by atoms with Gasteiger partial charge in [0.1, 0.15) is 17.3 Å². The van der Waals surface area contributed by atoms with Gasteiger partial charge >= 0.3 is 0 Å². The van der Waals surface area contributed by atoms with E-state index < -0.39 is 11.6 Å². The molecule has 0 saturated carbocycles. The van der Waals surface area contributed by atoms with E-state index in [0.29, 0.717) is 5.56 Å². The van der Waals surface area contributed by atoms with E-state index in [0.717, 1.165) is 29.7 Å². The molecule has 0 atom stereocenters. The van der Waals surface area contributed by atoms with Crippen molar-refractivity contribution in [2.24, 2.45) is 4.99 Å². The Hall–Kier alpha value is -3.12. The van der Waals surface area contributed by atoms with E-state index >= 15 is 0 Å². The third-order valence-electron chi connectivity index (χ3n) is 5.27. The zero-order valence-electron chi connectivity index (χ0n) is 18.1. The molecule has 3 aromatic carbocycles. The Morgan fingerprint density at radius 2 is 1.41 bits per heavy atom. The van der Waals surface area contributed by atoms with E-state index in [-0.39, 0.29) is 11.3 Å². The number of aliphatic imine (C=N–C) groups is 1. The van der Waals surface area contributed by atoms with Crippen molar-refractivity contribution in [3.63, 3.8) is 0 Å². The van der Waals surface area contributed by atoms with E-state index in [4.69, 9.17) is 0 Å². The number of isothiocyanates is 1. The van der Waals surface area contributed by atoms with Gasteiger partial charge in [0.05, 0.1) is 5.16 Å². The Morgan fingerprint density at radius 1 is 0.781 bits per heavy atom. The van der Waals surface area contributed by atoms with Crippen molar-refractivity contribution in [3.05, 3.63) is 89.0 Å². The van der Waals surface area contributed by atoms with Gasteiger partial charge in [0.2, 0.25) is 0 Å². The summed E-state index contributed by atoms with van der Waals surface area (Å²) >= 11 is 4.45. The first-order valence-electron chi connectivity index (χ1n) is 10.9. The molecule has 3 aromatic rings. The number of aryl methyl sites for hydroxylation is 1. The van der Waals surface area contributed by atoms with Crippen molar-refractivity contribution in [2.75, 3.05) is 0 Å². The van der Waals surface area contributed by atoms with Crippen LogP contribution in [0, 0.1) is 23.5 Å². The molecule has 0 radical (unpaired) electrons. The minimum atomic E-state index is -0.646. The highest BCUT2D eigenvalue weighted by atomic mass is 32.1. The average Bonchev–Trinajstić information content (AvgIpc) is 2.81. The zero-order valence-corrected chi connectivity index (χ0v) is 18.9. The molecule has 0 bridgehead atoms. The van der Waals surface area contributed by atoms with E-state index in [1.807, 2.05) is 12.1 Å². The molecule has 0 aliphatic carbocycles. The molecule has 0 amide bonds. The maximum Gasteiger partial charge on any atom is 0.150 e. The number of nitrogens with zero attached hydrogens (tertiary/aromatic N) is 1. The van der Waals surface area contributed by atoms with Crippen LogP contribution in [0.2, 0.25) is 0 Å². The van der Waals surface area contributed by atoms with E-state index in [2.05, 4.69) is 53.3 Å². The maximum atomic E-state index is 14.4. The van der Waals surface area contributed by atoms with Gasteiger partial charge in [0.15, 0.2) is 0 Å². The molecular formula is C28H25F2NS. The van der Waals surface area contributed by atoms with E-state index in [1.54, 1.807) is 24.3 Å². The van der Waals surface area contributed by atoms with Gasteiger partial charge in [-0.3, -0.25) is 0 Å². The van der Waals surface area contributed by atoms with Gasteiger partial charge in [-0.15, -0.1) is 0 Å². The number of hydrogen-bond donors (Lipinski definition) is 0.